The lowest BCUT2D eigenvalue weighted by Crippen LogP contribution is -1.90. The third-order valence-electron chi connectivity index (χ3n) is 1.89. The van der Waals surface area contributed by atoms with Crippen molar-refractivity contribution in [3.63, 3.8) is 0 Å². The SMILES string of the molecule is C=C(C)/C(=C\C(C)=O)c1ccccc1. The zero-order valence-electron chi connectivity index (χ0n) is 8.58. The average Bonchev–Trinajstić information content (AvgIpc) is 2.15. The van der Waals surface area contributed by atoms with E-state index in [4.69, 9.17) is 0 Å². The van der Waals surface area contributed by atoms with Gasteiger partial charge in [-0.1, -0.05) is 42.5 Å². The zero-order valence-corrected chi connectivity index (χ0v) is 8.58. The van der Waals surface area contributed by atoms with Crippen molar-refractivity contribution in [3.05, 3.63) is 54.1 Å². The van der Waals surface area contributed by atoms with Gasteiger partial charge in [-0.25, -0.2) is 0 Å². The van der Waals surface area contributed by atoms with Crippen LogP contribution in [0.4, 0.5) is 0 Å². The van der Waals surface area contributed by atoms with E-state index in [-0.39, 0.29) is 5.78 Å². The predicted octanol–water partition coefficient (Wildman–Crippen LogP) is 3.24. The Labute approximate surface area is 84.8 Å². The van der Waals surface area contributed by atoms with Gasteiger partial charge in [0.15, 0.2) is 5.78 Å². The van der Waals surface area contributed by atoms with Gasteiger partial charge in [-0.3, -0.25) is 4.79 Å². The normalized spacial score (nSPS) is 11.1. The van der Waals surface area contributed by atoms with Gasteiger partial charge in [-0.2, -0.15) is 0 Å². The van der Waals surface area contributed by atoms with Gasteiger partial charge >= 0.3 is 0 Å². The third-order valence-corrected chi connectivity index (χ3v) is 1.89. The van der Waals surface area contributed by atoms with Gasteiger partial charge in [0.25, 0.3) is 0 Å². The summed E-state index contributed by atoms with van der Waals surface area (Å²) in [5, 5.41) is 0. The second-order valence-electron chi connectivity index (χ2n) is 3.32. The summed E-state index contributed by atoms with van der Waals surface area (Å²) < 4.78 is 0. The molecule has 1 aromatic rings. The summed E-state index contributed by atoms with van der Waals surface area (Å²) in [4.78, 5) is 11.0. The van der Waals surface area contributed by atoms with Crippen LogP contribution < -0.4 is 0 Å². The number of hydrogen-bond donors (Lipinski definition) is 0. The fraction of sp³-hybridized carbons (Fsp3) is 0.154. The van der Waals surface area contributed by atoms with Gasteiger partial charge in [0.2, 0.25) is 0 Å². The quantitative estimate of drug-likeness (QED) is 0.523. The number of rotatable bonds is 3. The second-order valence-corrected chi connectivity index (χ2v) is 3.32. The molecule has 1 heteroatoms. The Balaban J connectivity index is 3.14. The van der Waals surface area contributed by atoms with E-state index < -0.39 is 0 Å². The Hall–Kier alpha value is -1.63. The number of carbonyl (C=O) groups excluding carboxylic acids is 1. The molecular formula is C13H14O. The monoisotopic (exact) mass is 186 g/mol. The van der Waals surface area contributed by atoms with Gasteiger partial charge < -0.3 is 0 Å². The highest BCUT2D eigenvalue weighted by Gasteiger charge is 2.02. The highest BCUT2D eigenvalue weighted by molar-refractivity contribution is 5.98. The van der Waals surface area contributed by atoms with Gasteiger partial charge in [0.05, 0.1) is 0 Å². The Kier molecular flexibility index (Phi) is 3.41. The predicted molar refractivity (Wildman–Crippen MR) is 59.9 cm³/mol. The van der Waals surface area contributed by atoms with Gasteiger partial charge in [0.1, 0.15) is 0 Å². The fourth-order valence-electron chi connectivity index (χ4n) is 1.27. The average molecular weight is 186 g/mol. The van der Waals surface area contributed by atoms with E-state index in [1.165, 1.54) is 0 Å². The topological polar surface area (TPSA) is 17.1 Å². The molecule has 0 saturated heterocycles. The van der Waals surface area contributed by atoms with Crippen molar-refractivity contribution in [3.8, 4) is 0 Å². The molecule has 0 aliphatic rings. The second kappa shape index (κ2) is 4.56. The molecule has 0 aromatic heterocycles. The molecule has 0 spiro atoms. The van der Waals surface area contributed by atoms with Crippen LogP contribution >= 0.6 is 0 Å². The molecule has 1 nitrogen and oxygen atoms in total. The van der Waals surface area contributed by atoms with Crippen molar-refractivity contribution < 1.29 is 4.79 Å². The van der Waals surface area contributed by atoms with Crippen LogP contribution in [-0.4, -0.2) is 5.78 Å². The lowest BCUT2D eigenvalue weighted by atomic mass is 9.99. The lowest BCUT2D eigenvalue weighted by molar-refractivity contribution is -0.112. The maximum atomic E-state index is 11.0. The van der Waals surface area contributed by atoms with Crippen LogP contribution in [0.5, 0.6) is 0 Å². The summed E-state index contributed by atoms with van der Waals surface area (Å²) in [5.41, 5.74) is 2.86. The number of benzene rings is 1. The van der Waals surface area contributed by atoms with E-state index >= 15 is 0 Å². The summed E-state index contributed by atoms with van der Waals surface area (Å²) in [7, 11) is 0. The Morgan fingerprint density at radius 1 is 1.21 bits per heavy atom. The Bertz CT molecular complexity index is 371. The minimum absolute atomic E-state index is 0.0480. The maximum absolute atomic E-state index is 11.0. The van der Waals surface area contributed by atoms with Crippen LogP contribution in [0.25, 0.3) is 5.57 Å². The molecule has 1 rings (SSSR count). The van der Waals surface area contributed by atoms with Crippen LogP contribution in [0, 0.1) is 0 Å². The van der Waals surface area contributed by atoms with Gasteiger partial charge in [-0.05, 0) is 31.1 Å². The van der Waals surface area contributed by atoms with Crippen molar-refractivity contribution >= 4 is 11.4 Å². The first-order valence-electron chi connectivity index (χ1n) is 4.55. The van der Waals surface area contributed by atoms with Crippen LogP contribution in [0.2, 0.25) is 0 Å². The number of ketones is 1. The molecule has 0 fully saturated rings. The minimum atomic E-state index is 0.0480. The molecule has 0 unspecified atom stereocenters. The van der Waals surface area contributed by atoms with E-state index in [2.05, 4.69) is 6.58 Å². The van der Waals surface area contributed by atoms with E-state index in [1.54, 1.807) is 13.0 Å². The van der Waals surface area contributed by atoms with Crippen molar-refractivity contribution in [2.24, 2.45) is 0 Å². The highest BCUT2D eigenvalue weighted by atomic mass is 16.1. The lowest BCUT2D eigenvalue weighted by Gasteiger charge is -2.05. The minimum Gasteiger partial charge on any atom is -0.295 e. The van der Waals surface area contributed by atoms with Crippen LogP contribution in [0.3, 0.4) is 0 Å². The number of hydrogen-bond acceptors (Lipinski definition) is 1. The third kappa shape index (κ3) is 2.70. The van der Waals surface area contributed by atoms with E-state index in [1.807, 2.05) is 37.3 Å². The van der Waals surface area contributed by atoms with Gasteiger partial charge in [0, 0.05) is 0 Å². The summed E-state index contributed by atoms with van der Waals surface area (Å²) in [6.07, 6.45) is 1.62. The molecule has 0 aliphatic heterocycles. The first-order valence-corrected chi connectivity index (χ1v) is 4.55. The molecule has 14 heavy (non-hydrogen) atoms. The summed E-state index contributed by atoms with van der Waals surface area (Å²) in [5.74, 6) is 0.0480. The molecule has 0 atom stereocenters. The molecule has 0 bridgehead atoms. The highest BCUT2D eigenvalue weighted by Crippen LogP contribution is 2.20. The molecule has 0 radical (unpaired) electrons. The molecule has 72 valence electrons. The Morgan fingerprint density at radius 3 is 2.21 bits per heavy atom. The summed E-state index contributed by atoms with van der Waals surface area (Å²) >= 11 is 0. The van der Waals surface area contributed by atoms with Crippen molar-refractivity contribution in [1.29, 1.82) is 0 Å². The first kappa shape index (κ1) is 10.5. The van der Waals surface area contributed by atoms with Crippen molar-refractivity contribution in [2.75, 3.05) is 0 Å². The summed E-state index contributed by atoms with van der Waals surface area (Å²) in [6, 6.07) is 9.80. The smallest absolute Gasteiger partial charge is 0.153 e. The molecule has 0 amide bonds. The Morgan fingerprint density at radius 2 is 1.79 bits per heavy atom. The molecule has 0 saturated carbocycles. The summed E-state index contributed by atoms with van der Waals surface area (Å²) in [6.45, 7) is 7.32. The van der Waals surface area contributed by atoms with E-state index in [0.29, 0.717) is 0 Å². The molecule has 0 aliphatic carbocycles. The molecule has 1 aromatic carbocycles. The molecular weight excluding hydrogens is 172 g/mol. The first-order chi connectivity index (χ1) is 6.61. The van der Waals surface area contributed by atoms with Crippen LogP contribution in [-0.2, 0) is 4.79 Å². The van der Waals surface area contributed by atoms with Gasteiger partial charge in [-0.15, -0.1) is 0 Å². The standard InChI is InChI=1S/C13H14O/c1-10(2)13(9-11(3)14)12-7-5-4-6-8-12/h4-9H,1H2,2-3H3/b13-9+. The van der Waals surface area contributed by atoms with E-state index in [0.717, 1.165) is 16.7 Å². The van der Waals surface area contributed by atoms with Crippen LogP contribution in [0.1, 0.15) is 19.4 Å². The van der Waals surface area contributed by atoms with Crippen molar-refractivity contribution in [2.45, 2.75) is 13.8 Å². The number of allylic oxidation sites excluding steroid dienone is 3. The largest absolute Gasteiger partial charge is 0.295 e. The zero-order chi connectivity index (χ0) is 10.6. The molecule has 0 N–H and O–H groups in total. The molecule has 0 heterocycles. The van der Waals surface area contributed by atoms with E-state index in [9.17, 15) is 4.79 Å². The van der Waals surface area contributed by atoms with Crippen molar-refractivity contribution in [1.82, 2.24) is 0 Å². The maximum Gasteiger partial charge on any atom is 0.153 e. The van der Waals surface area contributed by atoms with Crippen LogP contribution in [0.15, 0.2) is 48.6 Å². The fourth-order valence-corrected chi connectivity index (χ4v) is 1.27. The number of carbonyl (C=O) groups is 1.